The molecular weight excluding hydrogens is 188 g/mol. The van der Waals surface area contributed by atoms with Gasteiger partial charge in [0, 0.05) is 18.8 Å². The highest BCUT2D eigenvalue weighted by Gasteiger charge is 1.93. The van der Waals surface area contributed by atoms with E-state index in [-0.39, 0.29) is 5.56 Å². The predicted octanol–water partition coefficient (Wildman–Crippen LogP) is 1.63. The van der Waals surface area contributed by atoms with Crippen molar-refractivity contribution in [3.63, 3.8) is 0 Å². The van der Waals surface area contributed by atoms with E-state index in [9.17, 15) is 4.79 Å². The molecule has 1 N–H and O–H groups in total. The molecular formula is C12H20N2O. The van der Waals surface area contributed by atoms with Gasteiger partial charge < -0.3 is 9.88 Å². The molecule has 0 radical (unpaired) electrons. The van der Waals surface area contributed by atoms with Crippen LogP contribution in [0, 0.1) is 0 Å². The van der Waals surface area contributed by atoms with E-state index in [0.717, 1.165) is 32.5 Å². The lowest BCUT2D eigenvalue weighted by atomic mass is 10.3. The van der Waals surface area contributed by atoms with Crippen molar-refractivity contribution >= 4 is 0 Å². The maximum absolute atomic E-state index is 11.3. The summed E-state index contributed by atoms with van der Waals surface area (Å²) < 4.78 is 1.76. The van der Waals surface area contributed by atoms with Gasteiger partial charge in [0.15, 0.2) is 0 Å². The maximum atomic E-state index is 11.3. The Bertz CT molecular complexity index is 319. The number of aromatic nitrogens is 1. The molecule has 3 nitrogen and oxygen atoms in total. The fourth-order valence-electron chi connectivity index (χ4n) is 1.48. The van der Waals surface area contributed by atoms with E-state index in [4.69, 9.17) is 0 Å². The first-order chi connectivity index (χ1) is 7.34. The molecule has 0 aliphatic rings. The number of hydrogen-bond acceptors (Lipinski definition) is 2. The van der Waals surface area contributed by atoms with Gasteiger partial charge in [-0.15, -0.1) is 0 Å². The molecule has 84 valence electrons. The van der Waals surface area contributed by atoms with Crippen LogP contribution in [0.5, 0.6) is 0 Å². The molecule has 3 heteroatoms. The minimum absolute atomic E-state index is 0.0963. The summed E-state index contributed by atoms with van der Waals surface area (Å²) in [5.74, 6) is 0. The Morgan fingerprint density at radius 1 is 1.27 bits per heavy atom. The van der Waals surface area contributed by atoms with Crippen LogP contribution in [0.4, 0.5) is 0 Å². The van der Waals surface area contributed by atoms with Gasteiger partial charge >= 0.3 is 0 Å². The van der Waals surface area contributed by atoms with Crippen LogP contribution in [-0.4, -0.2) is 17.7 Å². The Morgan fingerprint density at radius 3 is 2.87 bits per heavy atom. The largest absolute Gasteiger partial charge is 0.317 e. The second kappa shape index (κ2) is 7.23. The van der Waals surface area contributed by atoms with Gasteiger partial charge in [-0.3, -0.25) is 4.79 Å². The second-order valence-electron chi connectivity index (χ2n) is 3.69. The number of nitrogens with one attached hydrogen (secondary N) is 1. The van der Waals surface area contributed by atoms with Crippen LogP contribution in [-0.2, 0) is 6.54 Å². The van der Waals surface area contributed by atoms with Crippen molar-refractivity contribution in [3.05, 3.63) is 34.7 Å². The van der Waals surface area contributed by atoms with Crippen LogP contribution in [0.2, 0.25) is 0 Å². The highest BCUT2D eigenvalue weighted by atomic mass is 16.1. The topological polar surface area (TPSA) is 34.0 Å². The smallest absolute Gasteiger partial charge is 0.250 e. The van der Waals surface area contributed by atoms with Gasteiger partial charge in [-0.25, -0.2) is 0 Å². The van der Waals surface area contributed by atoms with Crippen molar-refractivity contribution in [1.29, 1.82) is 0 Å². The molecule has 0 atom stereocenters. The summed E-state index contributed by atoms with van der Waals surface area (Å²) in [6, 6.07) is 5.29. The molecule has 0 unspecified atom stereocenters. The van der Waals surface area contributed by atoms with E-state index < -0.39 is 0 Å². The van der Waals surface area contributed by atoms with Crippen LogP contribution in [0.1, 0.15) is 26.2 Å². The molecule has 0 spiro atoms. The lowest BCUT2D eigenvalue weighted by Gasteiger charge is -2.05. The first-order valence-electron chi connectivity index (χ1n) is 5.71. The van der Waals surface area contributed by atoms with Crippen molar-refractivity contribution in [1.82, 2.24) is 9.88 Å². The molecule has 1 heterocycles. The molecule has 1 aromatic rings. The normalized spacial score (nSPS) is 10.5. The van der Waals surface area contributed by atoms with Crippen LogP contribution < -0.4 is 10.9 Å². The van der Waals surface area contributed by atoms with Crippen molar-refractivity contribution in [3.8, 4) is 0 Å². The third-order valence-corrected chi connectivity index (χ3v) is 2.33. The summed E-state index contributed by atoms with van der Waals surface area (Å²) in [5, 5.41) is 3.35. The average Bonchev–Trinajstić information content (AvgIpc) is 2.25. The number of rotatable bonds is 7. The molecule has 15 heavy (non-hydrogen) atoms. The number of aryl methyl sites for hydroxylation is 1. The van der Waals surface area contributed by atoms with Crippen LogP contribution in [0.3, 0.4) is 0 Å². The van der Waals surface area contributed by atoms with E-state index in [0.29, 0.717) is 0 Å². The van der Waals surface area contributed by atoms with E-state index in [1.807, 2.05) is 12.3 Å². The van der Waals surface area contributed by atoms with Crippen molar-refractivity contribution in [2.45, 2.75) is 32.7 Å². The van der Waals surface area contributed by atoms with Crippen LogP contribution in [0.15, 0.2) is 29.2 Å². The van der Waals surface area contributed by atoms with Crippen LogP contribution in [0.25, 0.3) is 0 Å². The minimum atomic E-state index is 0.0963. The Kier molecular flexibility index (Phi) is 5.78. The third-order valence-electron chi connectivity index (χ3n) is 2.33. The maximum Gasteiger partial charge on any atom is 0.250 e. The molecule has 0 aliphatic carbocycles. The first kappa shape index (κ1) is 12.0. The average molecular weight is 208 g/mol. The van der Waals surface area contributed by atoms with E-state index in [1.54, 1.807) is 16.7 Å². The SMILES string of the molecule is CCCNCCCCn1ccccc1=O. The van der Waals surface area contributed by atoms with Crippen LogP contribution >= 0.6 is 0 Å². The summed E-state index contributed by atoms with van der Waals surface area (Å²) in [7, 11) is 0. The monoisotopic (exact) mass is 208 g/mol. The highest BCUT2D eigenvalue weighted by molar-refractivity contribution is 4.92. The van der Waals surface area contributed by atoms with E-state index in [2.05, 4.69) is 12.2 Å². The Balaban J connectivity index is 2.15. The Morgan fingerprint density at radius 2 is 2.13 bits per heavy atom. The molecule has 1 rings (SSSR count). The molecule has 0 saturated carbocycles. The first-order valence-corrected chi connectivity index (χ1v) is 5.71. The van der Waals surface area contributed by atoms with Gasteiger partial charge in [0.05, 0.1) is 0 Å². The molecule has 0 fully saturated rings. The summed E-state index contributed by atoms with van der Waals surface area (Å²) in [6.45, 7) is 5.13. The fourth-order valence-corrected chi connectivity index (χ4v) is 1.48. The van der Waals surface area contributed by atoms with Gasteiger partial charge in [-0.1, -0.05) is 13.0 Å². The number of unbranched alkanes of at least 4 members (excludes halogenated alkanes) is 1. The van der Waals surface area contributed by atoms with Gasteiger partial charge in [0.2, 0.25) is 5.56 Å². The van der Waals surface area contributed by atoms with E-state index in [1.165, 1.54) is 6.42 Å². The predicted molar refractivity (Wildman–Crippen MR) is 63.1 cm³/mol. The zero-order chi connectivity index (χ0) is 10.9. The lowest BCUT2D eigenvalue weighted by molar-refractivity contribution is 0.558. The summed E-state index contributed by atoms with van der Waals surface area (Å²) in [6.07, 6.45) is 5.21. The minimum Gasteiger partial charge on any atom is -0.317 e. The molecule has 1 aromatic heterocycles. The van der Waals surface area contributed by atoms with E-state index >= 15 is 0 Å². The summed E-state index contributed by atoms with van der Waals surface area (Å²) in [5.41, 5.74) is 0.0963. The lowest BCUT2D eigenvalue weighted by Crippen LogP contribution is -2.20. The second-order valence-corrected chi connectivity index (χ2v) is 3.69. The Labute approximate surface area is 91.1 Å². The summed E-state index contributed by atoms with van der Waals surface area (Å²) in [4.78, 5) is 11.3. The molecule has 0 saturated heterocycles. The third kappa shape index (κ3) is 4.79. The number of nitrogens with zero attached hydrogens (tertiary/aromatic N) is 1. The fraction of sp³-hybridized carbons (Fsp3) is 0.583. The van der Waals surface area contributed by atoms with Gasteiger partial charge in [-0.05, 0) is 38.4 Å². The van der Waals surface area contributed by atoms with Gasteiger partial charge in [0.1, 0.15) is 0 Å². The van der Waals surface area contributed by atoms with Gasteiger partial charge in [-0.2, -0.15) is 0 Å². The zero-order valence-corrected chi connectivity index (χ0v) is 9.41. The molecule has 0 aliphatic heterocycles. The molecule has 0 bridgehead atoms. The van der Waals surface area contributed by atoms with Crippen molar-refractivity contribution in [2.24, 2.45) is 0 Å². The zero-order valence-electron chi connectivity index (χ0n) is 9.41. The standard InChI is InChI=1S/C12H20N2O/c1-2-8-13-9-4-6-11-14-10-5-3-7-12(14)15/h3,5,7,10,13H,2,4,6,8-9,11H2,1H3. The molecule has 0 amide bonds. The quantitative estimate of drug-likeness (QED) is 0.691. The summed E-state index contributed by atoms with van der Waals surface area (Å²) >= 11 is 0. The van der Waals surface area contributed by atoms with Crippen molar-refractivity contribution in [2.75, 3.05) is 13.1 Å². The number of hydrogen-bond donors (Lipinski definition) is 1. The number of pyridine rings is 1. The Hall–Kier alpha value is -1.09. The highest BCUT2D eigenvalue weighted by Crippen LogP contribution is 1.91. The molecule has 0 aromatic carbocycles. The van der Waals surface area contributed by atoms with Crippen molar-refractivity contribution < 1.29 is 0 Å². The van der Waals surface area contributed by atoms with Gasteiger partial charge in [0.25, 0.3) is 0 Å².